The monoisotopic (exact) mass is 278 g/mol. The van der Waals surface area contributed by atoms with Crippen LogP contribution in [0.2, 0.25) is 0 Å². The molecular formula is C11H13F3N2O3. The summed E-state index contributed by atoms with van der Waals surface area (Å²) in [7, 11) is 0. The Bertz CT molecular complexity index is 576. The summed E-state index contributed by atoms with van der Waals surface area (Å²) in [6, 6.07) is 0. The number of aromatic nitrogens is 2. The van der Waals surface area contributed by atoms with Crippen LogP contribution in [0.1, 0.15) is 31.4 Å². The lowest BCUT2D eigenvalue weighted by atomic mass is 10.1. The van der Waals surface area contributed by atoms with E-state index in [-0.39, 0.29) is 11.7 Å². The lowest BCUT2D eigenvalue weighted by Crippen LogP contribution is -2.36. The largest absolute Gasteiger partial charge is 0.406 e. The van der Waals surface area contributed by atoms with Gasteiger partial charge in [-0.25, -0.2) is 4.79 Å². The highest BCUT2D eigenvalue weighted by atomic mass is 19.4. The summed E-state index contributed by atoms with van der Waals surface area (Å²) in [5.74, 6) is 0. The van der Waals surface area contributed by atoms with Crippen molar-refractivity contribution in [2.24, 2.45) is 0 Å². The third kappa shape index (κ3) is 3.25. The van der Waals surface area contributed by atoms with Crippen LogP contribution in [-0.2, 0) is 11.3 Å². The Labute approximate surface area is 106 Å². The zero-order valence-electron chi connectivity index (χ0n) is 10.2. The van der Waals surface area contributed by atoms with Crippen LogP contribution in [-0.4, -0.2) is 21.8 Å². The van der Waals surface area contributed by atoms with Gasteiger partial charge in [-0.15, -0.1) is 0 Å². The summed E-state index contributed by atoms with van der Waals surface area (Å²) < 4.78 is 42.8. The molecule has 1 aromatic rings. The number of hydrogen-bond donors (Lipinski definition) is 1. The molecular weight excluding hydrogens is 265 g/mol. The molecule has 1 fully saturated rings. The topological polar surface area (TPSA) is 64.1 Å². The van der Waals surface area contributed by atoms with Crippen molar-refractivity contribution in [3.05, 3.63) is 32.6 Å². The second-order valence-electron chi connectivity index (χ2n) is 4.60. The molecule has 1 aliphatic heterocycles. The lowest BCUT2D eigenvalue weighted by molar-refractivity contribution is -0.141. The fourth-order valence-corrected chi connectivity index (χ4v) is 2.10. The standard InChI is InChI=1S/C11H13F3N2O3/c1-6-2-3-8(19-6)7-4-16(5-11(12,13)14)10(18)15-9(7)17/h4,6,8H,2-3,5H2,1H3,(H,15,17,18)/t6?,8-/m1/s1. The maximum Gasteiger partial charge on any atom is 0.406 e. The summed E-state index contributed by atoms with van der Waals surface area (Å²) in [6.45, 7) is 0.387. The number of ether oxygens (including phenoxy) is 1. The van der Waals surface area contributed by atoms with Crippen LogP contribution in [0.4, 0.5) is 13.2 Å². The molecule has 1 aromatic heterocycles. The van der Waals surface area contributed by atoms with Gasteiger partial charge >= 0.3 is 11.9 Å². The predicted molar refractivity (Wildman–Crippen MR) is 59.9 cm³/mol. The number of alkyl halides is 3. The van der Waals surface area contributed by atoms with Crippen LogP contribution in [0.25, 0.3) is 0 Å². The highest BCUT2D eigenvalue weighted by Crippen LogP contribution is 2.30. The van der Waals surface area contributed by atoms with Gasteiger partial charge in [0, 0.05) is 6.20 Å². The molecule has 2 heterocycles. The van der Waals surface area contributed by atoms with E-state index in [9.17, 15) is 22.8 Å². The van der Waals surface area contributed by atoms with Crippen LogP contribution in [0.5, 0.6) is 0 Å². The SMILES string of the molecule is CC1CC[C@H](c2cn(CC(F)(F)F)c(=O)[nH]c2=O)O1. The minimum atomic E-state index is -4.52. The van der Waals surface area contributed by atoms with Crippen LogP contribution < -0.4 is 11.2 Å². The molecule has 19 heavy (non-hydrogen) atoms. The molecule has 0 amide bonds. The van der Waals surface area contributed by atoms with E-state index in [1.54, 1.807) is 0 Å². The Morgan fingerprint density at radius 1 is 1.42 bits per heavy atom. The highest BCUT2D eigenvalue weighted by Gasteiger charge is 2.30. The lowest BCUT2D eigenvalue weighted by Gasteiger charge is -2.13. The van der Waals surface area contributed by atoms with Crippen molar-refractivity contribution in [1.29, 1.82) is 0 Å². The van der Waals surface area contributed by atoms with E-state index >= 15 is 0 Å². The molecule has 2 atom stereocenters. The third-order valence-electron chi connectivity index (χ3n) is 2.97. The number of H-pyrrole nitrogens is 1. The van der Waals surface area contributed by atoms with E-state index in [1.807, 2.05) is 11.9 Å². The van der Waals surface area contributed by atoms with Gasteiger partial charge in [0.1, 0.15) is 6.54 Å². The molecule has 0 aromatic carbocycles. The van der Waals surface area contributed by atoms with Gasteiger partial charge in [-0.3, -0.25) is 14.3 Å². The molecule has 1 N–H and O–H groups in total. The van der Waals surface area contributed by atoms with Crippen LogP contribution >= 0.6 is 0 Å². The first kappa shape index (κ1) is 13.9. The quantitative estimate of drug-likeness (QED) is 0.887. The second kappa shape index (κ2) is 4.84. The average Bonchev–Trinajstić information content (AvgIpc) is 2.67. The number of aromatic amines is 1. The van der Waals surface area contributed by atoms with Crippen LogP contribution in [0.3, 0.4) is 0 Å². The molecule has 0 radical (unpaired) electrons. The molecule has 1 aliphatic rings. The number of hydrogen-bond acceptors (Lipinski definition) is 3. The van der Waals surface area contributed by atoms with Crippen molar-refractivity contribution in [2.45, 2.75) is 44.7 Å². The van der Waals surface area contributed by atoms with E-state index in [2.05, 4.69) is 0 Å². The molecule has 0 bridgehead atoms. The van der Waals surface area contributed by atoms with E-state index in [4.69, 9.17) is 4.74 Å². The zero-order chi connectivity index (χ0) is 14.2. The number of halogens is 3. The van der Waals surface area contributed by atoms with Crippen LogP contribution in [0, 0.1) is 0 Å². The summed E-state index contributed by atoms with van der Waals surface area (Å²) in [4.78, 5) is 24.8. The highest BCUT2D eigenvalue weighted by molar-refractivity contribution is 5.10. The second-order valence-corrected chi connectivity index (χ2v) is 4.60. The van der Waals surface area contributed by atoms with E-state index in [0.29, 0.717) is 11.0 Å². The predicted octanol–water partition coefficient (Wildman–Crippen LogP) is 1.34. The van der Waals surface area contributed by atoms with E-state index in [0.717, 1.165) is 12.6 Å². The van der Waals surface area contributed by atoms with Gasteiger partial charge < -0.3 is 4.74 Å². The van der Waals surface area contributed by atoms with Gasteiger partial charge in [0.25, 0.3) is 5.56 Å². The molecule has 0 spiro atoms. The summed E-state index contributed by atoms with van der Waals surface area (Å²) in [6.07, 6.45) is -2.91. The maximum atomic E-state index is 12.3. The average molecular weight is 278 g/mol. The fourth-order valence-electron chi connectivity index (χ4n) is 2.10. The Morgan fingerprint density at radius 2 is 2.11 bits per heavy atom. The minimum absolute atomic E-state index is 0.0487. The van der Waals surface area contributed by atoms with Crippen LogP contribution in [0.15, 0.2) is 15.8 Å². The Balaban J connectivity index is 2.37. The molecule has 1 unspecified atom stereocenters. The molecule has 0 aliphatic carbocycles. The van der Waals surface area contributed by atoms with E-state index < -0.39 is 30.1 Å². The fraction of sp³-hybridized carbons (Fsp3) is 0.636. The van der Waals surface area contributed by atoms with Crippen molar-refractivity contribution in [2.75, 3.05) is 0 Å². The molecule has 106 valence electrons. The zero-order valence-corrected chi connectivity index (χ0v) is 10.2. The van der Waals surface area contributed by atoms with Gasteiger partial charge in [0.15, 0.2) is 0 Å². The van der Waals surface area contributed by atoms with Gasteiger partial charge in [0.2, 0.25) is 0 Å². The number of nitrogens with one attached hydrogen (secondary N) is 1. The Morgan fingerprint density at radius 3 is 2.63 bits per heavy atom. The minimum Gasteiger partial charge on any atom is -0.370 e. The smallest absolute Gasteiger partial charge is 0.370 e. The van der Waals surface area contributed by atoms with Gasteiger partial charge in [-0.05, 0) is 19.8 Å². The van der Waals surface area contributed by atoms with Crippen molar-refractivity contribution >= 4 is 0 Å². The molecule has 8 heteroatoms. The summed E-state index contributed by atoms with van der Waals surface area (Å²) in [5, 5.41) is 0. The van der Waals surface area contributed by atoms with Crippen molar-refractivity contribution in [3.63, 3.8) is 0 Å². The van der Waals surface area contributed by atoms with Crippen molar-refractivity contribution < 1.29 is 17.9 Å². The molecule has 0 saturated carbocycles. The maximum absolute atomic E-state index is 12.3. The van der Waals surface area contributed by atoms with Gasteiger partial charge in [-0.2, -0.15) is 13.2 Å². The van der Waals surface area contributed by atoms with Crippen molar-refractivity contribution in [1.82, 2.24) is 9.55 Å². The normalized spacial score (nSPS) is 23.8. The van der Waals surface area contributed by atoms with E-state index in [1.165, 1.54) is 0 Å². The Hall–Kier alpha value is -1.57. The number of rotatable bonds is 2. The summed E-state index contributed by atoms with van der Waals surface area (Å²) >= 11 is 0. The van der Waals surface area contributed by atoms with Gasteiger partial charge in [0.05, 0.1) is 17.8 Å². The van der Waals surface area contributed by atoms with Gasteiger partial charge in [-0.1, -0.05) is 0 Å². The first-order chi connectivity index (χ1) is 8.76. The summed E-state index contributed by atoms with van der Waals surface area (Å²) in [5.41, 5.74) is -1.70. The third-order valence-corrected chi connectivity index (χ3v) is 2.97. The number of nitrogens with zero attached hydrogens (tertiary/aromatic N) is 1. The molecule has 5 nitrogen and oxygen atoms in total. The Kier molecular flexibility index (Phi) is 3.53. The molecule has 2 rings (SSSR count). The molecule has 1 saturated heterocycles. The first-order valence-electron chi connectivity index (χ1n) is 5.82. The first-order valence-corrected chi connectivity index (χ1v) is 5.82. The van der Waals surface area contributed by atoms with Crippen molar-refractivity contribution in [3.8, 4) is 0 Å².